The maximum atomic E-state index is 14.9. The molecule has 0 spiro atoms. The van der Waals surface area contributed by atoms with Gasteiger partial charge in [-0.15, -0.1) is 0 Å². The standard InChI is InChI=1S/C30H36FN7O4S/c1-20-16-23(12-13-32-20)42-22-10-11-26(25(31)18-22)34-29(39)35-28-19-27(30(2,3)4)36-38(28)21-8-7-9-24(17-21)43(40,41)33-14-15-37(5)6/h7-13,16-19,33H,14-15H2,1-6H3,(H2,34,35,39). The number of nitrogens with one attached hydrogen (secondary N) is 3. The van der Waals surface area contributed by atoms with E-state index in [0.29, 0.717) is 23.7 Å². The number of likely N-dealkylation sites (N-methyl/N-ethyl adjacent to an activating group) is 1. The third-order valence-electron chi connectivity index (χ3n) is 6.24. The molecule has 43 heavy (non-hydrogen) atoms. The monoisotopic (exact) mass is 609 g/mol. The Morgan fingerprint density at radius 3 is 2.44 bits per heavy atom. The Hall–Kier alpha value is -4.33. The molecule has 2 heterocycles. The van der Waals surface area contributed by atoms with Crippen molar-refractivity contribution in [2.45, 2.75) is 38.0 Å². The van der Waals surface area contributed by atoms with Crippen LogP contribution in [0, 0.1) is 12.7 Å². The summed E-state index contributed by atoms with van der Waals surface area (Å²) in [5.41, 5.74) is 1.38. The molecule has 0 aliphatic carbocycles. The number of benzene rings is 2. The second-order valence-corrected chi connectivity index (χ2v) is 13.0. The van der Waals surface area contributed by atoms with E-state index < -0.39 is 21.9 Å². The predicted octanol–water partition coefficient (Wildman–Crippen LogP) is 5.29. The fourth-order valence-electron chi connectivity index (χ4n) is 3.95. The molecule has 3 N–H and O–H groups in total. The summed E-state index contributed by atoms with van der Waals surface area (Å²) in [5.74, 6) is 0.343. The highest BCUT2D eigenvalue weighted by atomic mass is 32.2. The van der Waals surface area contributed by atoms with Crippen molar-refractivity contribution in [1.82, 2.24) is 24.4 Å². The topological polar surface area (TPSA) is 130 Å². The quantitative estimate of drug-likeness (QED) is 0.223. The van der Waals surface area contributed by atoms with E-state index in [-0.39, 0.29) is 34.1 Å². The minimum atomic E-state index is -3.79. The highest BCUT2D eigenvalue weighted by Crippen LogP contribution is 2.29. The molecular weight excluding hydrogens is 573 g/mol. The number of ether oxygens (including phenoxy) is 1. The van der Waals surface area contributed by atoms with Gasteiger partial charge in [-0.05, 0) is 57.4 Å². The largest absolute Gasteiger partial charge is 0.457 e. The zero-order chi connectivity index (χ0) is 31.4. The van der Waals surface area contributed by atoms with Gasteiger partial charge in [-0.3, -0.25) is 10.3 Å². The Kier molecular flexibility index (Phi) is 9.48. The molecule has 13 heteroatoms. The highest BCUT2D eigenvalue weighted by Gasteiger charge is 2.23. The van der Waals surface area contributed by atoms with Crippen molar-refractivity contribution in [1.29, 1.82) is 0 Å². The summed E-state index contributed by atoms with van der Waals surface area (Å²) in [6.07, 6.45) is 1.59. The molecule has 0 aliphatic rings. The van der Waals surface area contributed by atoms with Crippen LogP contribution in [0.4, 0.5) is 20.7 Å². The summed E-state index contributed by atoms with van der Waals surface area (Å²) in [6.45, 7) is 8.49. The van der Waals surface area contributed by atoms with E-state index in [1.54, 1.807) is 36.5 Å². The summed E-state index contributed by atoms with van der Waals surface area (Å²) in [5, 5.41) is 9.88. The number of urea groups is 1. The van der Waals surface area contributed by atoms with Crippen molar-refractivity contribution in [2.24, 2.45) is 0 Å². The predicted molar refractivity (Wildman–Crippen MR) is 164 cm³/mol. The number of nitrogens with zero attached hydrogens (tertiary/aromatic N) is 4. The second-order valence-electron chi connectivity index (χ2n) is 11.2. The van der Waals surface area contributed by atoms with Gasteiger partial charge in [0.25, 0.3) is 0 Å². The van der Waals surface area contributed by atoms with Crippen LogP contribution in [0.25, 0.3) is 5.69 Å². The third-order valence-corrected chi connectivity index (χ3v) is 7.69. The highest BCUT2D eigenvalue weighted by molar-refractivity contribution is 7.89. The van der Waals surface area contributed by atoms with Crippen molar-refractivity contribution in [3.05, 3.63) is 84.1 Å². The van der Waals surface area contributed by atoms with Crippen molar-refractivity contribution < 1.29 is 22.3 Å². The Bertz CT molecular complexity index is 1720. The minimum Gasteiger partial charge on any atom is -0.457 e. The first-order valence-electron chi connectivity index (χ1n) is 13.5. The number of hydrogen-bond acceptors (Lipinski definition) is 7. The third kappa shape index (κ3) is 8.37. The lowest BCUT2D eigenvalue weighted by Crippen LogP contribution is -2.31. The van der Waals surface area contributed by atoms with Gasteiger partial charge in [-0.2, -0.15) is 5.10 Å². The average Bonchev–Trinajstić information content (AvgIpc) is 3.34. The second kappa shape index (κ2) is 12.9. The molecule has 0 radical (unpaired) electrons. The molecule has 4 rings (SSSR count). The van der Waals surface area contributed by atoms with Crippen LogP contribution >= 0.6 is 0 Å². The molecule has 0 bridgehead atoms. The number of amides is 2. The van der Waals surface area contributed by atoms with Gasteiger partial charge >= 0.3 is 6.03 Å². The molecule has 0 saturated carbocycles. The Labute approximate surface area is 251 Å². The number of carbonyl (C=O) groups excluding carboxylic acids is 1. The molecule has 2 amide bonds. The number of carbonyl (C=O) groups is 1. The lowest BCUT2D eigenvalue weighted by atomic mass is 9.92. The summed E-state index contributed by atoms with van der Waals surface area (Å²) in [6, 6.07) is 14.7. The minimum absolute atomic E-state index is 0.0540. The summed E-state index contributed by atoms with van der Waals surface area (Å²) in [4.78, 5) is 19.0. The summed E-state index contributed by atoms with van der Waals surface area (Å²) < 4.78 is 50.5. The number of rotatable bonds is 10. The summed E-state index contributed by atoms with van der Waals surface area (Å²) in [7, 11) is -0.0798. The molecule has 0 unspecified atom stereocenters. The maximum Gasteiger partial charge on any atom is 0.324 e. The van der Waals surface area contributed by atoms with Gasteiger partial charge in [0.2, 0.25) is 10.0 Å². The van der Waals surface area contributed by atoms with Crippen LogP contribution < -0.4 is 20.1 Å². The van der Waals surface area contributed by atoms with E-state index in [9.17, 15) is 17.6 Å². The van der Waals surface area contributed by atoms with Gasteiger partial charge < -0.3 is 15.0 Å². The van der Waals surface area contributed by atoms with Crippen LogP contribution in [0.5, 0.6) is 11.5 Å². The van der Waals surface area contributed by atoms with Crippen LogP contribution in [-0.2, 0) is 15.4 Å². The van der Waals surface area contributed by atoms with Gasteiger partial charge in [0.15, 0.2) is 0 Å². The Balaban J connectivity index is 1.55. The van der Waals surface area contributed by atoms with E-state index in [1.165, 1.54) is 35.0 Å². The first-order valence-corrected chi connectivity index (χ1v) is 15.0. The number of aromatic nitrogens is 3. The fraction of sp³-hybridized carbons (Fsp3) is 0.300. The van der Waals surface area contributed by atoms with Crippen molar-refractivity contribution in [3.8, 4) is 17.2 Å². The van der Waals surface area contributed by atoms with E-state index in [4.69, 9.17) is 4.74 Å². The van der Waals surface area contributed by atoms with E-state index in [0.717, 1.165) is 5.69 Å². The van der Waals surface area contributed by atoms with Crippen LogP contribution in [0.1, 0.15) is 32.2 Å². The zero-order valence-corrected chi connectivity index (χ0v) is 25.8. The van der Waals surface area contributed by atoms with E-state index >= 15 is 0 Å². The Morgan fingerprint density at radius 1 is 1.02 bits per heavy atom. The Morgan fingerprint density at radius 2 is 1.77 bits per heavy atom. The normalized spacial score (nSPS) is 11.9. The molecular formula is C30H36FN7O4S. The lowest BCUT2D eigenvalue weighted by Gasteiger charge is -2.14. The fourth-order valence-corrected chi connectivity index (χ4v) is 5.01. The molecule has 228 valence electrons. The van der Waals surface area contributed by atoms with Crippen molar-refractivity contribution in [3.63, 3.8) is 0 Å². The smallest absolute Gasteiger partial charge is 0.324 e. The molecule has 4 aromatic rings. The van der Waals surface area contributed by atoms with Gasteiger partial charge in [-0.1, -0.05) is 26.8 Å². The average molecular weight is 610 g/mol. The van der Waals surface area contributed by atoms with E-state index in [2.05, 4.69) is 25.4 Å². The van der Waals surface area contributed by atoms with E-state index in [1.807, 2.05) is 46.7 Å². The number of anilines is 2. The maximum absolute atomic E-state index is 14.9. The number of hydrogen-bond donors (Lipinski definition) is 3. The van der Waals surface area contributed by atoms with Crippen LogP contribution in [0.15, 0.2) is 71.8 Å². The van der Waals surface area contributed by atoms with Gasteiger partial charge in [-0.25, -0.2) is 27.0 Å². The number of halogens is 1. The number of sulfonamides is 1. The van der Waals surface area contributed by atoms with Crippen molar-refractivity contribution in [2.75, 3.05) is 37.8 Å². The molecule has 0 atom stereocenters. The lowest BCUT2D eigenvalue weighted by molar-refractivity contribution is 0.262. The zero-order valence-electron chi connectivity index (χ0n) is 25.0. The van der Waals surface area contributed by atoms with Gasteiger partial charge in [0.05, 0.1) is 22.0 Å². The first-order chi connectivity index (χ1) is 20.2. The first kappa shape index (κ1) is 31.6. The number of pyridine rings is 1. The number of aryl methyl sites for hydroxylation is 1. The van der Waals surface area contributed by atoms with Crippen LogP contribution in [0.2, 0.25) is 0 Å². The molecule has 11 nitrogen and oxygen atoms in total. The molecule has 2 aromatic heterocycles. The molecule has 0 fully saturated rings. The van der Waals surface area contributed by atoms with Crippen LogP contribution in [-0.4, -0.2) is 61.3 Å². The SMILES string of the molecule is Cc1cc(Oc2ccc(NC(=O)Nc3cc(C(C)(C)C)nn3-c3cccc(S(=O)(=O)NCCN(C)C)c3)c(F)c2)ccn1. The molecule has 0 aliphatic heterocycles. The van der Waals surface area contributed by atoms with Gasteiger partial charge in [0, 0.05) is 48.6 Å². The van der Waals surface area contributed by atoms with Gasteiger partial charge in [0.1, 0.15) is 23.1 Å². The van der Waals surface area contributed by atoms with Crippen molar-refractivity contribution >= 4 is 27.6 Å². The molecule has 0 saturated heterocycles. The van der Waals surface area contributed by atoms with Crippen LogP contribution in [0.3, 0.4) is 0 Å². The summed E-state index contributed by atoms with van der Waals surface area (Å²) >= 11 is 0. The molecule has 2 aromatic carbocycles.